The van der Waals surface area contributed by atoms with Gasteiger partial charge in [0, 0.05) is 25.1 Å². The van der Waals surface area contributed by atoms with E-state index in [1.54, 1.807) is 23.1 Å². The standard InChI is InChI=1S/C31H44N4O7S/c1-3-43(39,40)34-28(36)17-15-23-14-16-24(41-2)20-25(23)31(38)35-19-9-13-27(35)30-33-26(21-42-30)29(37)32-18-8-7-12-22-10-5-4-6-11-22/h14,16,20-22,27H,3-13,15,17-19H2,1-2H3,(H,32,37)(H,34,36). The SMILES string of the molecule is CCS(=O)(=O)NC(=O)CCc1ccc(OC)cc1C(=O)N1CCCC1c1nc(C(=O)NCCCCC2CCCCC2)co1. The molecule has 3 amide bonds. The Labute approximate surface area is 254 Å². The van der Waals surface area contributed by atoms with Crippen LogP contribution in [0.3, 0.4) is 0 Å². The van der Waals surface area contributed by atoms with Gasteiger partial charge in [0.25, 0.3) is 11.8 Å². The fourth-order valence-electron chi connectivity index (χ4n) is 5.94. The van der Waals surface area contributed by atoms with E-state index >= 15 is 0 Å². The highest BCUT2D eigenvalue weighted by atomic mass is 32.2. The topological polar surface area (TPSA) is 148 Å². The van der Waals surface area contributed by atoms with E-state index in [1.807, 2.05) is 4.72 Å². The lowest BCUT2D eigenvalue weighted by Crippen LogP contribution is -2.33. The van der Waals surface area contributed by atoms with Gasteiger partial charge < -0.3 is 19.4 Å². The molecule has 1 saturated carbocycles. The summed E-state index contributed by atoms with van der Waals surface area (Å²) in [5.41, 5.74) is 1.14. The number of methoxy groups -OCH3 is 1. The minimum absolute atomic E-state index is 0.103. The molecule has 1 unspecified atom stereocenters. The molecule has 2 fully saturated rings. The number of ether oxygens (including phenoxy) is 1. The smallest absolute Gasteiger partial charge is 0.273 e. The molecular formula is C31H44N4O7S. The minimum atomic E-state index is -3.67. The number of unbranched alkanes of at least 4 members (excludes halogenated alkanes) is 1. The van der Waals surface area contributed by atoms with Gasteiger partial charge >= 0.3 is 0 Å². The summed E-state index contributed by atoms with van der Waals surface area (Å²) in [4.78, 5) is 44.9. The number of benzene rings is 1. The monoisotopic (exact) mass is 616 g/mol. The molecule has 2 aromatic rings. The van der Waals surface area contributed by atoms with Gasteiger partial charge in [0.05, 0.1) is 12.9 Å². The number of rotatable bonds is 14. The summed E-state index contributed by atoms with van der Waals surface area (Å²) in [5.74, 6) is 0.215. The third-order valence-corrected chi connectivity index (χ3v) is 9.72. The molecule has 0 radical (unpaired) electrons. The molecular weight excluding hydrogens is 572 g/mol. The maximum Gasteiger partial charge on any atom is 0.273 e. The van der Waals surface area contributed by atoms with Crippen LogP contribution in [-0.2, 0) is 21.2 Å². The Morgan fingerprint density at radius 2 is 1.88 bits per heavy atom. The summed E-state index contributed by atoms with van der Waals surface area (Å²) >= 11 is 0. The van der Waals surface area contributed by atoms with Crippen molar-refractivity contribution >= 4 is 27.7 Å². The van der Waals surface area contributed by atoms with Crippen molar-refractivity contribution in [2.45, 2.75) is 90.0 Å². The van der Waals surface area contributed by atoms with E-state index in [0.717, 1.165) is 25.2 Å². The van der Waals surface area contributed by atoms with Crippen LogP contribution in [0.4, 0.5) is 0 Å². The first-order chi connectivity index (χ1) is 20.7. The summed E-state index contributed by atoms with van der Waals surface area (Å²) in [5, 5.41) is 2.94. The number of nitrogens with zero attached hydrogens (tertiary/aromatic N) is 2. The summed E-state index contributed by atoms with van der Waals surface area (Å²) in [7, 11) is -2.17. The fraction of sp³-hybridized carbons (Fsp3) is 0.613. The van der Waals surface area contributed by atoms with Gasteiger partial charge in [0.15, 0.2) is 5.69 Å². The van der Waals surface area contributed by atoms with E-state index in [9.17, 15) is 22.8 Å². The first-order valence-corrected chi connectivity index (χ1v) is 17.1. The van der Waals surface area contributed by atoms with Crippen molar-refractivity contribution in [2.75, 3.05) is 26.0 Å². The van der Waals surface area contributed by atoms with Crippen molar-refractivity contribution in [3.05, 3.63) is 47.2 Å². The Balaban J connectivity index is 1.36. The number of hydrogen-bond acceptors (Lipinski definition) is 8. The summed E-state index contributed by atoms with van der Waals surface area (Å²) in [6.07, 6.45) is 12.7. The van der Waals surface area contributed by atoms with Crippen LogP contribution >= 0.6 is 0 Å². The number of hydrogen-bond donors (Lipinski definition) is 2. The largest absolute Gasteiger partial charge is 0.497 e. The molecule has 236 valence electrons. The average molecular weight is 617 g/mol. The Morgan fingerprint density at radius 1 is 1.09 bits per heavy atom. The van der Waals surface area contributed by atoms with E-state index in [0.29, 0.717) is 42.3 Å². The van der Waals surface area contributed by atoms with Crippen molar-refractivity contribution in [3.8, 4) is 5.75 Å². The zero-order valence-electron chi connectivity index (χ0n) is 25.2. The molecule has 12 heteroatoms. The van der Waals surface area contributed by atoms with Gasteiger partial charge in [-0.05, 0) is 56.2 Å². The predicted molar refractivity (Wildman–Crippen MR) is 161 cm³/mol. The lowest BCUT2D eigenvalue weighted by Gasteiger charge is -2.24. The Morgan fingerprint density at radius 3 is 2.63 bits per heavy atom. The second-order valence-corrected chi connectivity index (χ2v) is 13.4. The van der Waals surface area contributed by atoms with E-state index in [4.69, 9.17) is 9.15 Å². The number of carbonyl (C=O) groups excluding carboxylic acids is 3. The van der Waals surface area contributed by atoms with E-state index in [2.05, 4.69) is 10.3 Å². The van der Waals surface area contributed by atoms with Crippen LogP contribution in [0.5, 0.6) is 5.75 Å². The second kappa shape index (κ2) is 15.4. The number of nitrogens with one attached hydrogen (secondary N) is 2. The van der Waals surface area contributed by atoms with E-state index < -0.39 is 22.0 Å². The molecule has 4 rings (SSSR count). The third-order valence-electron chi connectivity index (χ3n) is 8.42. The zero-order valence-corrected chi connectivity index (χ0v) is 26.0. The molecule has 1 atom stereocenters. The molecule has 2 N–H and O–H groups in total. The number of likely N-dealkylation sites (tertiary alicyclic amines) is 1. The Kier molecular flexibility index (Phi) is 11.6. The maximum atomic E-state index is 13.8. The van der Waals surface area contributed by atoms with Crippen LogP contribution in [0.25, 0.3) is 0 Å². The number of aromatic nitrogens is 1. The Bertz CT molecular complexity index is 1370. The molecule has 1 aromatic carbocycles. The van der Waals surface area contributed by atoms with Crippen molar-refractivity contribution < 1.29 is 32.0 Å². The molecule has 1 saturated heterocycles. The van der Waals surface area contributed by atoms with Crippen LogP contribution in [0.1, 0.15) is 116 Å². The lowest BCUT2D eigenvalue weighted by atomic mass is 9.86. The van der Waals surface area contributed by atoms with Gasteiger partial charge in [-0.3, -0.25) is 19.1 Å². The number of aryl methyl sites for hydroxylation is 1. The maximum absolute atomic E-state index is 13.8. The molecule has 1 aliphatic heterocycles. The van der Waals surface area contributed by atoms with E-state index in [-0.39, 0.29) is 36.1 Å². The number of amides is 3. The normalized spacial score (nSPS) is 17.5. The lowest BCUT2D eigenvalue weighted by molar-refractivity contribution is -0.119. The van der Waals surface area contributed by atoms with Crippen molar-refractivity contribution in [2.24, 2.45) is 5.92 Å². The molecule has 2 heterocycles. The van der Waals surface area contributed by atoms with Crippen LogP contribution in [-0.4, -0.2) is 62.0 Å². The molecule has 0 bridgehead atoms. The van der Waals surface area contributed by atoms with Crippen molar-refractivity contribution in [1.82, 2.24) is 19.9 Å². The van der Waals surface area contributed by atoms with Crippen LogP contribution in [0.15, 0.2) is 28.9 Å². The fourth-order valence-corrected chi connectivity index (χ4v) is 6.53. The van der Waals surface area contributed by atoms with Crippen molar-refractivity contribution in [3.63, 3.8) is 0 Å². The quantitative estimate of drug-likeness (QED) is 0.294. The predicted octanol–water partition coefficient (Wildman–Crippen LogP) is 4.54. The van der Waals surface area contributed by atoms with Gasteiger partial charge in [-0.25, -0.2) is 13.4 Å². The van der Waals surface area contributed by atoms with Gasteiger partial charge in [-0.15, -0.1) is 0 Å². The summed E-state index contributed by atoms with van der Waals surface area (Å²) in [6, 6.07) is 4.59. The van der Waals surface area contributed by atoms with E-state index in [1.165, 1.54) is 58.8 Å². The minimum Gasteiger partial charge on any atom is -0.497 e. The van der Waals surface area contributed by atoms with Gasteiger partial charge in [0.2, 0.25) is 21.8 Å². The van der Waals surface area contributed by atoms with Crippen LogP contribution in [0.2, 0.25) is 0 Å². The summed E-state index contributed by atoms with van der Waals surface area (Å²) in [6.45, 7) is 2.51. The van der Waals surface area contributed by atoms with Crippen molar-refractivity contribution in [1.29, 1.82) is 0 Å². The molecule has 43 heavy (non-hydrogen) atoms. The second-order valence-electron chi connectivity index (χ2n) is 11.4. The first-order valence-electron chi connectivity index (χ1n) is 15.5. The molecule has 2 aliphatic rings. The van der Waals surface area contributed by atoms with Gasteiger partial charge in [0.1, 0.15) is 18.1 Å². The highest BCUT2D eigenvalue weighted by Crippen LogP contribution is 2.34. The third kappa shape index (κ3) is 9.04. The summed E-state index contributed by atoms with van der Waals surface area (Å²) < 4.78 is 36.6. The molecule has 0 spiro atoms. The van der Waals surface area contributed by atoms with Crippen LogP contribution < -0.4 is 14.8 Å². The zero-order chi connectivity index (χ0) is 30.8. The van der Waals surface area contributed by atoms with Crippen LogP contribution in [0, 0.1) is 5.92 Å². The molecule has 11 nitrogen and oxygen atoms in total. The molecule has 1 aromatic heterocycles. The highest BCUT2D eigenvalue weighted by Gasteiger charge is 2.35. The number of oxazole rings is 1. The Hall–Kier alpha value is -3.41. The highest BCUT2D eigenvalue weighted by molar-refractivity contribution is 7.90. The first kappa shape index (κ1) is 32.5. The number of sulfonamides is 1. The van der Waals surface area contributed by atoms with Gasteiger partial charge in [-0.1, -0.05) is 51.0 Å². The average Bonchev–Trinajstić information content (AvgIpc) is 3.70. The molecule has 1 aliphatic carbocycles. The number of carbonyl (C=O) groups is 3. The van der Waals surface area contributed by atoms with Gasteiger partial charge in [-0.2, -0.15) is 0 Å².